The number of ether oxygens (including phenoxy) is 1. The van der Waals surface area contributed by atoms with Gasteiger partial charge in [0.25, 0.3) is 0 Å². The zero-order chi connectivity index (χ0) is 23.0. The Morgan fingerprint density at radius 1 is 1.29 bits per heavy atom. The first-order valence-electron chi connectivity index (χ1n) is 10.0. The summed E-state index contributed by atoms with van der Waals surface area (Å²) in [5, 5.41) is 14.3. The number of carbonyl (C=O) groups excluding carboxylic acids is 1. The molecule has 0 aliphatic carbocycles. The SMILES string of the molecule is CCCc1c(OCCCN(CC)C(=O)NCCC(=O)O)ccc2c(C(F)(F)F)noc12. The minimum Gasteiger partial charge on any atom is -0.493 e. The maximum absolute atomic E-state index is 13.1. The van der Waals surface area contributed by atoms with Gasteiger partial charge >= 0.3 is 18.2 Å². The van der Waals surface area contributed by atoms with Crippen molar-refractivity contribution < 1.29 is 37.1 Å². The highest BCUT2D eigenvalue weighted by Crippen LogP contribution is 2.38. The van der Waals surface area contributed by atoms with Crippen molar-refractivity contribution in [3.8, 4) is 5.75 Å². The van der Waals surface area contributed by atoms with Crippen molar-refractivity contribution in [2.45, 2.75) is 45.7 Å². The lowest BCUT2D eigenvalue weighted by Crippen LogP contribution is -2.41. The van der Waals surface area contributed by atoms with E-state index in [4.69, 9.17) is 14.4 Å². The number of carboxylic acids is 1. The Hall–Kier alpha value is -2.98. The Bertz CT molecular complexity index is 898. The number of aliphatic carboxylic acids is 1. The van der Waals surface area contributed by atoms with E-state index in [1.807, 2.05) is 6.92 Å². The van der Waals surface area contributed by atoms with E-state index in [1.165, 1.54) is 17.0 Å². The molecule has 0 aliphatic heterocycles. The fourth-order valence-corrected chi connectivity index (χ4v) is 3.10. The number of hydrogen-bond donors (Lipinski definition) is 2. The lowest BCUT2D eigenvalue weighted by Gasteiger charge is -2.21. The second kappa shape index (κ2) is 10.9. The third-order valence-electron chi connectivity index (χ3n) is 4.58. The standard InChI is InChI=1S/C20H26F3N3O5/c1-3-6-13-15(8-7-14-17(13)31-25-18(14)20(21,22)23)30-12-5-11-26(4-2)19(29)24-10-9-16(27)28/h7-8H,3-6,9-12H2,1-2H3,(H,24,29)(H,27,28). The number of amides is 2. The Kier molecular flexibility index (Phi) is 8.52. The number of aryl methyl sites for hydroxylation is 1. The molecule has 0 spiro atoms. The van der Waals surface area contributed by atoms with E-state index in [2.05, 4.69) is 10.5 Å². The Labute approximate surface area is 177 Å². The topological polar surface area (TPSA) is 105 Å². The zero-order valence-electron chi connectivity index (χ0n) is 17.4. The molecule has 172 valence electrons. The number of halogens is 3. The first kappa shape index (κ1) is 24.3. The number of fused-ring (bicyclic) bond motifs is 1. The molecule has 11 heteroatoms. The normalized spacial score (nSPS) is 11.5. The first-order chi connectivity index (χ1) is 14.7. The molecule has 2 amide bonds. The van der Waals surface area contributed by atoms with Crippen LogP contribution in [-0.2, 0) is 17.4 Å². The van der Waals surface area contributed by atoms with Crippen molar-refractivity contribution in [2.75, 3.05) is 26.2 Å². The first-order valence-corrected chi connectivity index (χ1v) is 10.0. The van der Waals surface area contributed by atoms with Crippen molar-refractivity contribution in [3.05, 3.63) is 23.4 Å². The summed E-state index contributed by atoms with van der Waals surface area (Å²) in [7, 11) is 0. The molecular weight excluding hydrogens is 419 g/mol. The molecule has 0 saturated heterocycles. The summed E-state index contributed by atoms with van der Waals surface area (Å²) in [6, 6.07) is 2.41. The molecule has 31 heavy (non-hydrogen) atoms. The highest BCUT2D eigenvalue weighted by molar-refractivity contribution is 5.85. The number of benzene rings is 1. The van der Waals surface area contributed by atoms with Crippen molar-refractivity contribution in [1.82, 2.24) is 15.4 Å². The molecule has 8 nitrogen and oxygen atoms in total. The highest BCUT2D eigenvalue weighted by atomic mass is 19.4. The van der Waals surface area contributed by atoms with Crippen LogP contribution in [0, 0.1) is 0 Å². The molecule has 0 saturated carbocycles. The van der Waals surface area contributed by atoms with Crippen LogP contribution in [0.1, 0.15) is 44.4 Å². The fraction of sp³-hybridized carbons (Fsp3) is 0.550. The van der Waals surface area contributed by atoms with Gasteiger partial charge in [-0.05, 0) is 31.9 Å². The summed E-state index contributed by atoms with van der Waals surface area (Å²) in [6.45, 7) is 4.78. The largest absolute Gasteiger partial charge is 0.493 e. The molecule has 0 fully saturated rings. The Morgan fingerprint density at radius 2 is 2.03 bits per heavy atom. The third-order valence-corrected chi connectivity index (χ3v) is 4.58. The molecule has 0 unspecified atom stereocenters. The van der Waals surface area contributed by atoms with E-state index >= 15 is 0 Å². The molecule has 0 radical (unpaired) electrons. The van der Waals surface area contributed by atoms with Gasteiger partial charge in [-0.2, -0.15) is 13.2 Å². The van der Waals surface area contributed by atoms with Crippen LogP contribution in [0.4, 0.5) is 18.0 Å². The number of hydrogen-bond acceptors (Lipinski definition) is 5. The van der Waals surface area contributed by atoms with Gasteiger partial charge in [-0.25, -0.2) is 4.79 Å². The number of carbonyl (C=O) groups is 2. The lowest BCUT2D eigenvalue weighted by molar-refractivity contribution is -0.141. The third kappa shape index (κ3) is 6.50. The second-order valence-electron chi connectivity index (χ2n) is 6.86. The zero-order valence-corrected chi connectivity index (χ0v) is 17.4. The summed E-state index contributed by atoms with van der Waals surface area (Å²) >= 11 is 0. The maximum Gasteiger partial charge on any atom is 0.437 e. The van der Waals surface area contributed by atoms with Gasteiger partial charge in [0.1, 0.15) is 5.75 Å². The van der Waals surface area contributed by atoms with Crippen molar-refractivity contribution in [1.29, 1.82) is 0 Å². The van der Waals surface area contributed by atoms with Crippen LogP contribution in [-0.4, -0.2) is 53.4 Å². The second-order valence-corrected chi connectivity index (χ2v) is 6.86. The molecule has 2 aromatic rings. The Morgan fingerprint density at radius 3 is 2.65 bits per heavy atom. The highest BCUT2D eigenvalue weighted by Gasteiger charge is 2.37. The average Bonchev–Trinajstić information content (AvgIpc) is 3.14. The van der Waals surface area contributed by atoms with Crippen LogP contribution in [0.3, 0.4) is 0 Å². The summed E-state index contributed by atoms with van der Waals surface area (Å²) in [6.07, 6.45) is -3.14. The number of aromatic nitrogens is 1. The lowest BCUT2D eigenvalue weighted by atomic mass is 10.0. The van der Waals surface area contributed by atoms with Crippen LogP contribution in [0.2, 0.25) is 0 Å². The fourth-order valence-electron chi connectivity index (χ4n) is 3.10. The summed E-state index contributed by atoms with van der Waals surface area (Å²) in [5.41, 5.74) is -0.458. The van der Waals surface area contributed by atoms with Gasteiger partial charge in [-0.3, -0.25) is 4.79 Å². The average molecular weight is 445 g/mol. The summed E-state index contributed by atoms with van der Waals surface area (Å²) in [5.74, 6) is -0.570. The van der Waals surface area contributed by atoms with Gasteiger partial charge in [0.2, 0.25) is 0 Å². The number of carboxylic acid groups (broad SMARTS) is 1. The molecule has 1 heterocycles. The molecule has 1 aromatic heterocycles. The molecular formula is C20H26F3N3O5. The smallest absolute Gasteiger partial charge is 0.437 e. The number of nitrogens with zero attached hydrogens (tertiary/aromatic N) is 2. The van der Waals surface area contributed by atoms with Crippen LogP contribution in [0.25, 0.3) is 11.0 Å². The number of urea groups is 1. The van der Waals surface area contributed by atoms with E-state index in [9.17, 15) is 22.8 Å². The van der Waals surface area contributed by atoms with Gasteiger partial charge in [-0.15, -0.1) is 0 Å². The predicted octanol–water partition coefficient (Wildman–Crippen LogP) is 4.07. The van der Waals surface area contributed by atoms with Gasteiger partial charge in [0, 0.05) is 25.2 Å². The molecule has 0 bridgehead atoms. The van der Waals surface area contributed by atoms with Crippen LogP contribution >= 0.6 is 0 Å². The number of nitrogens with one attached hydrogen (secondary N) is 1. The van der Waals surface area contributed by atoms with Crippen molar-refractivity contribution in [3.63, 3.8) is 0 Å². The molecule has 2 N–H and O–H groups in total. The van der Waals surface area contributed by atoms with E-state index in [0.29, 0.717) is 43.7 Å². The van der Waals surface area contributed by atoms with Crippen LogP contribution < -0.4 is 10.1 Å². The summed E-state index contributed by atoms with van der Waals surface area (Å²) in [4.78, 5) is 24.1. The van der Waals surface area contributed by atoms with E-state index in [0.717, 1.165) is 0 Å². The van der Waals surface area contributed by atoms with Gasteiger partial charge < -0.3 is 24.6 Å². The number of alkyl halides is 3. The predicted molar refractivity (Wildman–Crippen MR) is 106 cm³/mol. The maximum atomic E-state index is 13.1. The van der Waals surface area contributed by atoms with Crippen LogP contribution in [0.5, 0.6) is 5.75 Å². The number of rotatable bonds is 11. The van der Waals surface area contributed by atoms with Crippen LogP contribution in [0.15, 0.2) is 16.7 Å². The van der Waals surface area contributed by atoms with E-state index in [-0.39, 0.29) is 36.6 Å². The van der Waals surface area contributed by atoms with Crippen molar-refractivity contribution >= 4 is 23.0 Å². The van der Waals surface area contributed by atoms with Gasteiger partial charge in [0.15, 0.2) is 11.3 Å². The Balaban J connectivity index is 1.99. The molecule has 0 aliphatic rings. The van der Waals surface area contributed by atoms with Gasteiger partial charge in [0.05, 0.1) is 18.4 Å². The minimum atomic E-state index is -4.61. The minimum absolute atomic E-state index is 0.0403. The van der Waals surface area contributed by atoms with E-state index in [1.54, 1.807) is 6.92 Å². The molecule has 0 atom stereocenters. The summed E-state index contributed by atoms with van der Waals surface area (Å²) < 4.78 is 50.0. The molecule has 1 aromatic carbocycles. The van der Waals surface area contributed by atoms with E-state index < -0.39 is 17.8 Å². The quantitative estimate of drug-likeness (QED) is 0.505. The molecule has 2 rings (SSSR count). The van der Waals surface area contributed by atoms with Gasteiger partial charge in [-0.1, -0.05) is 18.5 Å². The monoisotopic (exact) mass is 445 g/mol. The van der Waals surface area contributed by atoms with Crippen molar-refractivity contribution in [2.24, 2.45) is 0 Å².